The molecule has 2 rings (SSSR count). The van der Waals surface area contributed by atoms with Gasteiger partial charge in [-0.2, -0.15) is 0 Å². The van der Waals surface area contributed by atoms with Crippen molar-refractivity contribution in [3.05, 3.63) is 41.3 Å². The molecule has 12 heavy (non-hydrogen) atoms. The lowest BCUT2D eigenvalue weighted by atomic mass is 10.1. The van der Waals surface area contributed by atoms with Crippen LogP contribution in [0.2, 0.25) is 0 Å². The molecule has 2 radical (unpaired) electrons. The van der Waals surface area contributed by atoms with E-state index in [4.69, 9.17) is 0 Å². The predicted molar refractivity (Wildman–Crippen MR) is 43.8 cm³/mol. The van der Waals surface area contributed by atoms with Crippen molar-refractivity contribution < 1.29 is 8.42 Å². The molecule has 0 unspecified atom stereocenters. The number of benzene rings is 1. The molecule has 2 nitrogen and oxygen atoms in total. The van der Waals surface area contributed by atoms with Crippen LogP contribution in [0.1, 0.15) is 5.56 Å². The highest BCUT2D eigenvalue weighted by Gasteiger charge is 2.18. The van der Waals surface area contributed by atoms with Crippen molar-refractivity contribution in [1.29, 1.82) is 0 Å². The molecule has 1 aromatic carbocycles. The van der Waals surface area contributed by atoms with Crippen molar-refractivity contribution in [2.24, 2.45) is 0 Å². The minimum absolute atomic E-state index is 0.365. The second-order valence-corrected chi connectivity index (χ2v) is 4.22. The largest absolute Gasteiger partial charge is 0.218 e. The first-order valence-electron chi connectivity index (χ1n) is 3.53. The number of hydrogen-bond donors (Lipinski definition) is 0. The van der Waals surface area contributed by atoms with E-state index in [1.54, 1.807) is 18.2 Å². The zero-order valence-corrected chi connectivity index (χ0v) is 7.06. The van der Waals surface area contributed by atoms with Gasteiger partial charge in [0.05, 0.1) is 10.3 Å². The summed E-state index contributed by atoms with van der Waals surface area (Å²) in [5.41, 5.74) is 0.802. The van der Waals surface area contributed by atoms with E-state index in [2.05, 4.69) is 11.5 Å². The van der Waals surface area contributed by atoms with Gasteiger partial charge < -0.3 is 0 Å². The average molecular weight is 178 g/mol. The van der Waals surface area contributed by atoms with Crippen LogP contribution in [0.3, 0.4) is 0 Å². The van der Waals surface area contributed by atoms with Gasteiger partial charge in [0.2, 0.25) is 9.84 Å². The van der Waals surface area contributed by atoms with Crippen LogP contribution in [0.5, 0.6) is 0 Å². The van der Waals surface area contributed by atoms with Crippen molar-refractivity contribution in [3.8, 4) is 0 Å². The average Bonchev–Trinajstić information content (AvgIpc) is 2.04. The minimum atomic E-state index is -3.30. The SMILES string of the molecule is O=S1(=O)[C]=[C]Cc2ccccc21. The smallest absolute Gasteiger partial charge is 0.208 e. The second kappa shape index (κ2) is 2.45. The normalized spacial score (nSPS) is 18.7. The monoisotopic (exact) mass is 178 g/mol. The summed E-state index contributed by atoms with van der Waals surface area (Å²) in [6.45, 7) is 0. The summed E-state index contributed by atoms with van der Waals surface area (Å²) in [6.07, 6.45) is 3.13. The standard InChI is InChI=1S/C9H6O2S/c10-12(11)7-3-5-8-4-1-2-6-9(8)12/h1-2,4,6H,5H2. The molecule has 0 saturated carbocycles. The summed E-state index contributed by atoms with van der Waals surface area (Å²) < 4.78 is 22.6. The third-order valence-electron chi connectivity index (χ3n) is 1.75. The van der Waals surface area contributed by atoms with E-state index in [9.17, 15) is 8.42 Å². The van der Waals surface area contributed by atoms with Crippen LogP contribution in [0.15, 0.2) is 29.2 Å². The van der Waals surface area contributed by atoms with Crippen molar-refractivity contribution in [3.63, 3.8) is 0 Å². The molecule has 0 fully saturated rings. The first kappa shape index (κ1) is 7.55. The molecular weight excluding hydrogens is 172 g/mol. The van der Waals surface area contributed by atoms with Gasteiger partial charge in [0, 0.05) is 6.42 Å². The lowest BCUT2D eigenvalue weighted by Crippen LogP contribution is -2.06. The zero-order valence-electron chi connectivity index (χ0n) is 6.24. The number of sulfone groups is 1. The Labute approximate surface area is 71.5 Å². The number of fused-ring (bicyclic) bond motifs is 1. The molecule has 3 heteroatoms. The van der Waals surface area contributed by atoms with E-state index in [-0.39, 0.29) is 0 Å². The molecular formula is C9H6O2S. The number of allylic oxidation sites excluding steroid dienone is 1. The Morgan fingerprint density at radius 1 is 1.25 bits per heavy atom. The number of rotatable bonds is 0. The Kier molecular flexibility index (Phi) is 1.54. The maximum Gasteiger partial charge on any atom is 0.208 e. The topological polar surface area (TPSA) is 34.1 Å². The summed E-state index contributed by atoms with van der Waals surface area (Å²) >= 11 is 0. The van der Waals surface area contributed by atoms with Gasteiger partial charge in [0.1, 0.15) is 0 Å². The summed E-state index contributed by atoms with van der Waals surface area (Å²) in [5, 5.41) is 2.24. The molecule has 0 bridgehead atoms. The lowest BCUT2D eigenvalue weighted by molar-refractivity contribution is 0.601. The molecule has 0 aliphatic carbocycles. The minimum Gasteiger partial charge on any atom is -0.218 e. The molecule has 0 N–H and O–H groups in total. The van der Waals surface area contributed by atoms with E-state index in [1.807, 2.05) is 6.07 Å². The van der Waals surface area contributed by atoms with Crippen molar-refractivity contribution >= 4 is 9.84 Å². The highest BCUT2D eigenvalue weighted by molar-refractivity contribution is 7.93. The fraction of sp³-hybridized carbons (Fsp3) is 0.111. The first-order chi connectivity index (χ1) is 5.70. The van der Waals surface area contributed by atoms with E-state index in [0.29, 0.717) is 11.3 Å². The molecule has 0 spiro atoms. The molecule has 60 valence electrons. The Balaban J connectivity index is 2.75. The van der Waals surface area contributed by atoms with Crippen LogP contribution >= 0.6 is 0 Å². The maximum atomic E-state index is 11.3. The van der Waals surface area contributed by atoms with Crippen LogP contribution in [-0.2, 0) is 16.3 Å². The molecule has 1 aliphatic rings. The lowest BCUT2D eigenvalue weighted by Gasteiger charge is -2.08. The van der Waals surface area contributed by atoms with Crippen LogP contribution in [0, 0.1) is 11.5 Å². The molecule has 0 saturated heterocycles. The Morgan fingerprint density at radius 3 is 2.75 bits per heavy atom. The number of hydrogen-bond acceptors (Lipinski definition) is 2. The van der Waals surface area contributed by atoms with Gasteiger partial charge in [-0.1, -0.05) is 18.2 Å². The summed E-state index contributed by atoms with van der Waals surface area (Å²) in [4.78, 5) is 0.365. The molecule has 0 aromatic heterocycles. The Morgan fingerprint density at radius 2 is 2.00 bits per heavy atom. The van der Waals surface area contributed by atoms with Crippen molar-refractivity contribution in [1.82, 2.24) is 0 Å². The van der Waals surface area contributed by atoms with Crippen LogP contribution in [-0.4, -0.2) is 8.42 Å². The van der Waals surface area contributed by atoms with Crippen LogP contribution in [0.4, 0.5) is 0 Å². The van der Waals surface area contributed by atoms with Gasteiger partial charge in [-0.25, -0.2) is 8.42 Å². The van der Waals surface area contributed by atoms with Gasteiger partial charge in [-0.15, -0.1) is 0 Å². The third-order valence-corrected chi connectivity index (χ3v) is 3.14. The van der Waals surface area contributed by atoms with E-state index < -0.39 is 9.84 Å². The maximum absolute atomic E-state index is 11.3. The first-order valence-corrected chi connectivity index (χ1v) is 5.01. The quantitative estimate of drug-likeness (QED) is 0.597. The summed E-state index contributed by atoms with van der Waals surface area (Å²) in [5.74, 6) is 0. The van der Waals surface area contributed by atoms with Crippen molar-refractivity contribution in [2.75, 3.05) is 0 Å². The Hall–Kier alpha value is -1.09. The Bertz CT molecular complexity index is 430. The predicted octanol–water partition coefficient (Wildman–Crippen LogP) is 1.14. The summed E-state index contributed by atoms with van der Waals surface area (Å²) in [6, 6.07) is 6.92. The second-order valence-electron chi connectivity index (χ2n) is 2.57. The molecule has 1 heterocycles. The van der Waals surface area contributed by atoms with Gasteiger partial charge in [-0.3, -0.25) is 0 Å². The molecule has 1 aliphatic heterocycles. The van der Waals surface area contributed by atoms with E-state index in [1.165, 1.54) is 0 Å². The van der Waals surface area contributed by atoms with Crippen LogP contribution < -0.4 is 0 Å². The van der Waals surface area contributed by atoms with Crippen LogP contribution in [0.25, 0.3) is 0 Å². The van der Waals surface area contributed by atoms with Crippen molar-refractivity contribution in [2.45, 2.75) is 11.3 Å². The fourth-order valence-electron chi connectivity index (χ4n) is 1.19. The van der Waals surface area contributed by atoms with Gasteiger partial charge in [0.15, 0.2) is 0 Å². The highest BCUT2D eigenvalue weighted by Crippen LogP contribution is 2.21. The molecule has 0 atom stereocenters. The zero-order chi connectivity index (χ0) is 8.60. The fourth-order valence-corrected chi connectivity index (χ4v) is 2.31. The molecule has 0 amide bonds. The molecule has 1 aromatic rings. The van der Waals surface area contributed by atoms with Gasteiger partial charge in [-0.05, 0) is 17.7 Å². The third kappa shape index (κ3) is 1.06. The highest BCUT2D eigenvalue weighted by atomic mass is 32.2. The van der Waals surface area contributed by atoms with Gasteiger partial charge >= 0.3 is 0 Å². The van der Waals surface area contributed by atoms with E-state index >= 15 is 0 Å². The van der Waals surface area contributed by atoms with Gasteiger partial charge in [0.25, 0.3) is 0 Å². The summed E-state index contributed by atoms with van der Waals surface area (Å²) in [7, 11) is -3.30. The van der Waals surface area contributed by atoms with E-state index in [0.717, 1.165) is 5.56 Å².